The molecule has 0 bridgehead atoms. The lowest BCUT2D eigenvalue weighted by Gasteiger charge is -2.26. The zero-order valence-electron chi connectivity index (χ0n) is 24.6. The second-order valence-corrected chi connectivity index (χ2v) is 10.5. The van der Waals surface area contributed by atoms with Crippen LogP contribution in [0.5, 0.6) is 0 Å². The summed E-state index contributed by atoms with van der Waals surface area (Å²) in [7, 11) is 0. The van der Waals surface area contributed by atoms with Crippen LogP contribution in [0.25, 0.3) is 10.8 Å². The highest BCUT2D eigenvalue weighted by atomic mass is 16.5. The number of fused-ring (bicyclic) bond motifs is 1. The van der Waals surface area contributed by atoms with Crippen LogP contribution in [0.4, 0.5) is 0 Å². The number of hydrogen-bond acceptors (Lipinski definition) is 8. The van der Waals surface area contributed by atoms with Crippen molar-refractivity contribution in [1.82, 2.24) is 26.7 Å². The van der Waals surface area contributed by atoms with E-state index in [4.69, 9.17) is 10.9 Å². The Morgan fingerprint density at radius 2 is 1.32 bits per heavy atom. The van der Waals surface area contributed by atoms with Gasteiger partial charge in [-0.2, -0.15) is 0 Å². The van der Waals surface area contributed by atoms with Gasteiger partial charge in [-0.1, -0.05) is 56.3 Å². The van der Waals surface area contributed by atoms with Crippen LogP contribution in [0.2, 0.25) is 0 Å². The van der Waals surface area contributed by atoms with E-state index >= 15 is 0 Å². The van der Waals surface area contributed by atoms with Gasteiger partial charge in [0.1, 0.15) is 24.2 Å². The lowest BCUT2D eigenvalue weighted by atomic mass is 10.00. The minimum atomic E-state index is -1.64. The predicted octanol–water partition coefficient (Wildman–Crippen LogP) is -0.757. The first-order chi connectivity index (χ1) is 20.7. The van der Waals surface area contributed by atoms with E-state index in [1.807, 2.05) is 30.3 Å². The first kappa shape index (κ1) is 35.1. The van der Waals surface area contributed by atoms with Gasteiger partial charge in [0.25, 0.3) is 0 Å². The van der Waals surface area contributed by atoms with Gasteiger partial charge in [0, 0.05) is 18.8 Å². The molecule has 0 saturated heterocycles. The number of rotatable bonds is 16. The average Bonchev–Trinajstić information content (AvgIpc) is 2.97. The van der Waals surface area contributed by atoms with Gasteiger partial charge in [0.2, 0.25) is 35.4 Å². The third-order valence-electron chi connectivity index (χ3n) is 6.63. The molecule has 238 valence electrons. The smallest absolute Gasteiger partial charge is 0.305 e. The summed E-state index contributed by atoms with van der Waals surface area (Å²) in [5.41, 5.74) is 7.23. The lowest BCUT2D eigenvalue weighted by molar-refractivity contribution is -0.141. The van der Waals surface area contributed by atoms with Crippen LogP contribution in [0.15, 0.2) is 42.5 Å². The number of carbonyl (C=O) groups is 7. The summed E-state index contributed by atoms with van der Waals surface area (Å²) in [6.07, 6.45) is -1.52. The van der Waals surface area contributed by atoms with Crippen LogP contribution >= 0.6 is 0 Å². The summed E-state index contributed by atoms with van der Waals surface area (Å²) in [5, 5.41) is 29.6. The molecule has 0 unspecified atom stereocenters. The molecule has 0 aliphatic heterocycles. The maximum Gasteiger partial charge on any atom is 0.305 e. The highest BCUT2D eigenvalue weighted by Gasteiger charge is 2.32. The number of nitrogens with two attached hydrogens (primary N) is 1. The Kier molecular flexibility index (Phi) is 13.2. The van der Waals surface area contributed by atoms with Gasteiger partial charge in [0.15, 0.2) is 0 Å². The Bertz CT molecular complexity index is 1400. The largest absolute Gasteiger partial charge is 0.481 e. The molecule has 44 heavy (non-hydrogen) atoms. The fourth-order valence-corrected chi connectivity index (χ4v) is 4.06. The number of primary amides is 1. The Balaban J connectivity index is 2.41. The fraction of sp³-hybridized carbons (Fsp3) is 0.414. The molecule has 0 aliphatic rings. The summed E-state index contributed by atoms with van der Waals surface area (Å²) in [5.74, 6) is -6.90. The number of carboxylic acids is 1. The third-order valence-corrected chi connectivity index (χ3v) is 6.63. The highest BCUT2D eigenvalue weighted by Crippen LogP contribution is 2.17. The summed E-state index contributed by atoms with van der Waals surface area (Å²) in [4.78, 5) is 86.7. The summed E-state index contributed by atoms with van der Waals surface area (Å²) in [6, 6.07) is 7.28. The van der Waals surface area contributed by atoms with Crippen molar-refractivity contribution in [2.24, 2.45) is 11.7 Å². The molecular weight excluding hydrogens is 576 g/mol. The second kappa shape index (κ2) is 16.6. The van der Waals surface area contributed by atoms with Gasteiger partial charge in [-0.15, -0.1) is 0 Å². The van der Waals surface area contributed by atoms with Crippen molar-refractivity contribution in [3.63, 3.8) is 0 Å². The van der Waals surface area contributed by atoms with Gasteiger partial charge < -0.3 is 32.1 Å². The van der Waals surface area contributed by atoms with Crippen LogP contribution in [0.1, 0.15) is 45.6 Å². The molecule has 0 radical (unpaired) electrons. The number of benzene rings is 2. The van der Waals surface area contributed by atoms with Gasteiger partial charge >= 0.3 is 5.97 Å². The van der Waals surface area contributed by atoms with E-state index in [2.05, 4.69) is 21.3 Å². The van der Waals surface area contributed by atoms with Gasteiger partial charge in [-0.3, -0.25) is 38.8 Å². The van der Waals surface area contributed by atoms with Crippen molar-refractivity contribution < 1.29 is 43.9 Å². The van der Waals surface area contributed by atoms with E-state index in [1.54, 1.807) is 26.0 Å². The molecular formula is C29H38N6O9. The van der Waals surface area contributed by atoms with Crippen molar-refractivity contribution in [2.45, 2.75) is 70.6 Å². The summed E-state index contributed by atoms with van der Waals surface area (Å²) < 4.78 is 0. The Hall–Kier alpha value is -5.05. The molecule has 0 aromatic heterocycles. The molecule has 2 rings (SSSR count). The van der Waals surface area contributed by atoms with Gasteiger partial charge in [-0.05, 0) is 29.7 Å². The molecule has 0 heterocycles. The van der Waals surface area contributed by atoms with Crippen molar-refractivity contribution in [3.8, 4) is 0 Å². The molecule has 0 fully saturated rings. The molecule has 4 atom stereocenters. The number of hydrogen-bond donors (Lipinski definition) is 8. The zero-order chi connectivity index (χ0) is 33.0. The van der Waals surface area contributed by atoms with E-state index < -0.39 is 77.9 Å². The Morgan fingerprint density at radius 1 is 0.750 bits per heavy atom. The normalized spacial score (nSPS) is 13.6. The zero-order valence-corrected chi connectivity index (χ0v) is 24.6. The minimum absolute atomic E-state index is 0.108. The lowest BCUT2D eigenvalue weighted by Crippen LogP contribution is -2.58. The predicted molar refractivity (Wildman–Crippen MR) is 156 cm³/mol. The van der Waals surface area contributed by atoms with E-state index in [1.165, 1.54) is 12.4 Å². The van der Waals surface area contributed by atoms with Crippen molar-refractivity contribution in [2.75, 3.05) is 0 Å². The van der Waals surface area contributed by atoms with Crippen molar-refractivity contribution in [1.29, 1.82) is 0 Å². The maximum atomic E-state index is 13.6. The molecule has 15 heteroatoms. The number of hydroxylamine groups is 1. The molecule has 6 amide bonds. The van der Waals surface area contributed by atoms with E-state index in [-0.39, 0.29) is 19.3 Å². The number of carboxylic acid groups (broad SMARTS) is 1. The quantitative estimate of drug-likeness (QED) is 0.0873. The van der Waals surface area contributed by atoms with Gasteiger partial charge in [-0.25, -0.2) is 5.48 Å². The Labute approximate surface area is 253 Å². The maximum absolute atomic E-state index is 13.6. The molecule has 9 N–H and O–H groups in total. The molecule has 0 spiro atoms. The number of amides is 6. The fourth-order valence-electron chi connectivity index (χ4n) is 4.06. The SMILES string of the molecule is CC(C)C(=O)N[C@H](CCC(=O)NO)C(=O)N[C@H](Cc1ccc2ccccc2c1)C(=O)N[C@@H](CC(=O)O)C(=O)N[C@@H](C)C(N)=O. The molecule has 0 saturated carbocycles. The van der Waals surface area contributed by atoms with E-state index in [0.717, 1.165) is 10.8 Å². The highest BCUT2D eigenvalue weighted by molar-refractivity contribution is 5.97. The molecule has 0 aliphatic carbocycles. The first-order valence-corrected chi connectivity index (χ1v) is 13.8. The first-order valence-electron chi connectivity index (χ1n) is 13.8. The third kappa shape index (κ3) is 11.0. The van der Waals surface area contributed by atoms with Crippen LogP contribution in [0.3, 0.4) is 0 Å². The number of aliphatic carboxylic acids is 1. The summed E-state index contributed by atoms with van der Waals surface area (Å²) in [6.45, 7) is 4.46. The number of carbonyl (C=O) groups excluding carboxylic acids is 6. The van der Waals surface area contributed by atoms with Crippen LogP contribution in [0, 0.1) is 5.92 Å². The standard InChI is InChI=1S/C29H38N6O9/c1-15(2)26(40)32-20(10-11-23(36)35-44)27(41)33-21(13-17-8-9-18-6-4-5-7-19(18)12-17)29(43)34-22(14-24(37)38)28(42)31-16(3)25(30)39/h4-9,12,15-16,20-22,44H,10-11,13-14H2,1-3H3,(H2,30,39)(H,31,42)(H,32,40)(H,33,41)(H,34,43)(H,35,36)(H,37,38)/t16-,20+,21+,22-/m0/s1. The van der Waals surface area contributed by atoms with Crippen molar-refractivity contribution in [3.05, 3.63) is 48.0 Å². The Morgan fingerprint density at radius 3 is 1.91 bits per heavy atom. The second-order valence-electron chi connectivity index (χ2n) is 10.5. The van der Waals surface area contributed by atoms with E-state index in [0.29, 0.717) is 5.56 Å². The average molecular weight is 615 g/mol. The van der Waals surface area contributed by atoms with Crippen LogP contribution < -0.4 is 32.5 Å². The summed E-state index contributed by atoms with van der Waals surface area (Å²) >= 11 is 0. The molecule has 15 nitrogen and oxygen atoms in total. The molecule has 2 aromatic rings. The number of nitrogens with one attached hydrogen (secondary N) is 5. The minimum Gasteiger partial charge on any atom is -0.481 e. The topological polar surface area (TPSA) is 246 Å². The monoisotopic (exact) mass is 614 g/mol. The van der Waals surface area contributed by atoms with Gasteiger partial charge in [0.05, 0.1) is 6.42 Å². The molecule has 2 aromatic carbocycles. The van der Waals surface area contributed by atoms with Crippen LogP contribution in [-0.2, 0) is 40.0 Å². The van der Waals surface area contributed by atoms with Crippen LogP contribution in [-0.4, -0.2) is 75.9 Å². The van der Waals surface area contributed by atoms with E-state index in [9.17, 15) is 38.7 Å². The van der Waals surface area contributed by atoms with Crippen molar-refractivity contribution >= 4 is 52.2 Å².